The lowest BCUT2D eigenvalue weighted by Gasteiger charge is -2.34. The first-order valence-corrected chi connectivity index (χ1v) is 8.53. The van der Waals surface area contributed by atoms with Crippen LogP contribution in [0.1, 0.15) is 37.7 Å². The van der Waals surface area contributed by atoms with Crippen LogP contribution in [0, 0.1) is 0 Å². The van der Waals surface area contributed by atoms with E-state index in [4.69, 9.17) is 9.47 Å². The number of hydrogen-bond acceptors (Lipinski definition) is 4. The molecule has 2 fully saturated rings. The van der Waals surface area contributed by atoms with Crippen molar-refractivity contribution in [1.29, 1.82) is 0 Å². The van der Waals surface area contributed by atoms with Crippen LogP contribution in [0.3, 0.4) is 0 Å². The molecule has 2 aliphatic rings. The van der Waals surface area contributed by atoms with Crippen LogP contribution >= 0.6 is 0 Å². The van der Waals surface area contributed by atoms with Crippen LogP contribution in [0.5, 0.6) is 5.75 Å². The number of aliphatic hydroxyl groups excluding tert-OH is 1. The fraction of sp³-hybridized carbons (Fsp3) is 0.667. The van der Waals surface area contributed by atoms with Crippen molar-refractivity contribution < 1.29 is 14.6 Å². The highest BCUT2D eigenvalue weighted by atomic mass is 16.5. The van der Waals surface area contributed by atoms with Crippen LogP contribution in [0.15, 0.2) is 24.3 Å². The lowest BCUT2D eigenvalue weighted by Crippen LogP contribution is -2.41. The number of likely N-dealkylation sites (tertiary alicyclic amines) is 1. The molecule has 122 valence electrons. The molecule has 4 heteroatoms. The second-order valence-corrected chi connectivity index (χ2v) is 6.39. The fourth-order valence-electron chi connectivity index (χ4n) is 3.37. The maximum absolute atomic E-state index is 9.48. The molecule has 1 aromatic rings. The van der Waals surface area contributed by atoms with Gasteiger partial charge in [-0.1, -0.05) is 18.6 Å². The Balaban J connectivity index is 1.50. The van der Waals surface area contributed by atoms with Crippen molar-refractivity contribution in [2.75, 3.05) is 26.4 Å². The largest absolute Gasteiger partial charge is 0.491 e. The van der Waals surface area contributed by atoms with Crippen LogP contribution in [0.4, 0.5) is 0 Å². The first kappa shape index (κ1) is 15.8. The molecular weight excluding hydrogens is 278 g/mol. The zero-order chi connectivity index (χ0) is 15.2. The lowest BCUT2D eigenvalue weighted by molar-refractivity contribution is 0.0679. The normalized spacial score (nSPS) is 26.2. The zero-order valence-electron chi connectivity index (χ0n) is 13.2. The molecule has 2 atom stereocenters. The minimum atomic E-state index is 0.262. The van der Waals surface area contributed by atoms with Crippen molar-refractivity contribution >= 4 is 0 Å². The molecule has 0 bridgehead atoms. The van der Waals surface area contributed by atoms with E-state index in [-0.39, 0.29) is 12.7 Å². The molecule has 0 amide bonds. The van der Waals surface area contributed by atoms with Gasteiger partial charge in [0.15, 0.2) is 0 Å². The molecule has 0 spiro atoms. The lowest BCUT2D eigenvalue weighted by atomic mass is 10.0. The van der Waals surface area contributed by atoms with Crippen molar-refractivity contribution in [3.63, 3.8) is 0 Å². The van der Waals surface area contributed by atoms with Crippen molar-refractivity contribution in [2.45, 2.75) is 50.8 Å². The Hall–Kier alpha value is -1.10. The molecule has 0 radical (unpaired) electrons. The SMILES string of the molecule is OCC1CCCCN1Cc1ccc(OCC2CCCO2)cc1. The van der Waals surface area contributed by atoms with Gasteiger partial charge in [0, 0.05) is 19.2 Å². The molecule has 2 heterocycles. The first-order valence-electron chi connectivity index (χ1n) is 8.53. The summed E-state index contributed by atoms with van der Waals surface area (Å²) < 4.78 is 11.4. The van der Waals surface area contributed by atoms with Gasteiger partial charge in [0.25, 0.3) is 0 Å². The van der Waals surface area contributed by atoms with Gasteiger partial charge >= 0.3 is 0 Å². The predicted molar refractivity (Wildman–Crippen MR) is 86.0 cm³/mol. The van der Waals surface area contributed by atoms with E-state index in [1.807, 2.05) is 12.1 Å². The summed E-state index contributed by atoms with van der Waals surface area (Å²) in [6.45, 7) is 3.79. The second-order valence-electron chi connectivity index (χ2n) is 6.39. The van der Waals surface area contributed by atoms with E-state index in [1.165, 1.54) is 18.4 Å². The smallest absolute Gasteiger partial charge is 0.119 e. The molecular formula is C18H27NO3. The van der Waals surface area contributed by atoms with Crippen LogP contribution in [-0.4, -0.2) is 48.5 Å². The third-order valence-corrected chi connectivity index (χ3v) is 4.73. The van der Waals surface area contributed by atoms with Gasteiger partial charge in [-0.25, -0.2) is 0 Å². The molecule has 2 aliphatic heterocycles. The van der Waals surface area contributed by atoms with Gasteiger partial charge in [0.2, 0.25) is 0 Å². The maximum atomic E-state index is 9.48. The molecule has 4 nitrogen and oxygen atoms in total. The monoisotopic (exact) mass is 305 g/mol. The highest BCUT2D eigenvalue weighted by molar-refractivity contribution is 5.27. The Morgan fingerprint density at radius 3 is 2.73 bits per heavy atom. The molecule has 3 rings (SSSR count). The molecule has 0 saturated carbocycles. The molecule has 2 saturated heterocycles. The quantitative estimate of drug-likeness (QED) is 0.877. The summed E-state index contributed by atoms with van der Waals surface area (Å²) in [6.07, 6.45) is 6.10. The minimum Gasteiger partial charge on any atom is -0.491 e. The average Bonchev–Trinajstić information content (AvgIpc) is 3.08. The van der Waals surface area contributed by atoms with Gasteiger partial charge < -0.3 is 14.6 Å². The highest BCUT2D eigenvalue weighted by Gasteiger charge is 2.21. The third kappa shape index (κ3) is 4.22. The van der Waals surface area contributed by atoms with E-state index in [2.05, 4.69) is 17.0 Å². The molecule has 1 N–H and O–H groups in total. The summed E-state index contributed by atoms with van der Waals surface area (Å²) in [5.74, 6) is 0.914. The van der Waals surface area contributed by atoms with Crippen LogP contribution < -0.4 is 4.74 Å². The van der Waals surface area contributed by atoms with Gasteiger partial charge in [0.1, 0.15) is 12.4 Å². The molecule has 2 unspecified atom stereocenters. The number of rotatable bonds is 6. The van der Waals surface area contributed by atoms with Crippen molar-refractivity contribution in [2.24, 2.45) is 0 Å². The Labute approximate surface area is 133 Å². The van der Waals surface area contributed by atoms with E-state index < -0.39 is 0 Å². The van der Waals surface area contributed by atoms with Gasteiger partial charge in [-0.05, 0) is 49.9 Å². The highest BCUT2D eigenvalue weighted by Crippen LogP contribution is 2.21. The number of nitrogens with zero attached hydrogens (tertiary/aromatic N) is 1. The van der Waals surface area contributed by atoms with Gasteiger partial charge in [0.05, 0.1) is 12.7 Å². The van der Waals surface area contributed by atoms with Gasteiger partial charge in [-0.15, -0.1) is 0 Å². The zero-order valence-corrected chi connectivity index (χ0v) is 13.2. The first-order chi connectivity index (χ1) is 10.8. The van der Waals surface area contributed by atoms with Crippen molar-refractivity contribution in [1.82, 2.24) is 4.90 Å². The number of ether oxygens (including phenoxy) is 2. The van der Waals surface area contributed by atoms with Crippen molar-refractivity contribution in [3.05, 3.63) is 29.8 Å². The summed E-state index contributed by atoms with van der Waals surface area (Å²) in [7, 11) is 0. The summed E-state index contributed by atoms with van der Waals surface area (Å²) in [6, 6.07) is 8.68. The average molecular weight is 305 g/mol. The van der Waals surface area contributed by atoms with Gasteiger partial charge in [-0.3, -0.25) is 4.90 Å². The molecule has 1 aromatic carbocycles. The fourth-order valence-corrected chi connectivity index (χ4v) is 3.37. The Bertz CT molecular complexity index is 442. The van der Waals surface area contributed by atoms with Crippen LogP contribution in [-0.2, 0) is 11.3 Å². The molecule has 0 aromatic heterocycles. The Morgan fingerprint density at radius 2 is 2.00 bits per heavy atom. The van der Waals surface area contributed by atoms with E-state index >= 15 is 0 Å². The van der Waals surface area contributed by atoms with Crippen molar-refractivity contribution in [3.8, 4) is 5.75 Å². The van der Waals surface area contributed by atoms with Gasteiger partial charge in [-0.2, -0.15) is 0 Å². The Kier molecular flexibility index (Phi) is 5.70. The topological polar surface area (TPSA) is 41.9 Å². The Morgan fingerprint density at radius 1 is 1.14 bits per heavy atom. The number of aliphatic hydroxyl groups is 1. The molecule has 22 heavy (non-hydrogen) atoms. The summed E-state index contributed by atoms with van der Waals surface area (Å²) in [5, 5.41) is 9.48. The standard InChI is InChI=1S/C18H27NO3/c20-13-16-4-1-2-10-19(16)12-15-6-8-17(9-7-15)22-14-18-5-3-11-21-18/h6-9,16,18,20H,1-5,10-14H2. The predicted octanol–water partition coefficient (Wildman–Crippen LogP) is 2.59. The third-order valence-electron chi connectivity index (χ3n) is 4.73. The van der Waals surface area contributed by atoms with E-state index in [9.17, 15) is 5.11 Å². The summed E-state index contributed by atoms with van der Waals surface area (Å²) in [5.41, 5.74) is 1.28. The summed E-state index contributed by atoms with van der Waals surface area (Å²) >= 11 is 0. The van der Waals surface area contributed by atoms with E-state index in [0.29, 0.717) is 12.6 Å². The number of benzene rings is 1. The second kappa shape index (κ2) is 7.95. The molecule has 0 aliphatic carbocycles. The minimum absolute atomic E-state index is 0.262. The van der Waals surface area contributed by atoms with Crippen LogP contribution in [0.25, 0.3) is 0 Å². The van der Waals surface area contributed by atoms with Crippen LogP contribution in [0.2, 0.25) is 0 Å². The van der Waals surface area contributed by atoms with E-state index in [0.717, 1.165) is 44.7 Å². The summed E-state index contributed by atoms with van der Waals surface area (Å²) in [4.78, 5) is 2.39. The maximum Gasteiger partial charge on any atom is 0.119 e. The van der Waals surface area contributed by atoms with E-state index in [1.54, 1.807) is 0 Å². The number of piperidine rings is 1. The number of hydrogen-bond donors (Lipinski definition) is 1.